The molecular weight excluding hydrogens is 380 g/mol. The van der Waals surface area contributed by atoms with Crippen molar-refractivity contribution in [2.45, 2.75) is 46.0 Å². The van der Waals surface area contributed by atoms with E-state index in [1.807, 2.05) is 57.2 Å². The molecule has 1 N–H and O–H groups in total. The van der Waals surface area contributed by atoms with Crippen molar-refractivity contribution in [2.75, 3.05) is 13.2 Å². The fourth-order valence-corrected chi connectivity index (χ4v) is 2.66. The minimum Gasteiger partial charge on any atom is -0.505 e. The molecule has 0 aromatic heterocycles. The molecule has 6 nitrogen and oxygen atoms in total. The van der Waals surface area contributed by atoms with Crippen LogP contribution in [0, 0.1) is 0 Å². The minimum absolute atomic E-state index is 0.0649. The number of benzene rings is 2. The van der Waals surface area contributed by atoms with Crippen LogP contribution in [-0.4, -0.2) is 24.3 Å². The fourth-order valence-electron chi connectivity index (χ4n) is 2.66. The maximum absolute atomic E-state index is 11.4. The number of carbonyl (C=O) groups is 1. The number of azo groups is 1. The summed E-state index contributed by atoms with van der Waals surface area (Å²) in [4.78, 5) is 11.4. The van der Waals surface area contributed by atoms with E-state index in [-0.39, 0.29) is 17.1 Å². The molecule has 0 saturated heterocycles. The lowest BCUT2D eigenvalue weighted by molar-refractivity contribution is -0.139. The van der Waals surface area contributed by atoms with E-state index in [1.54, 1.807) is 13.0 Å². The lowest BCUT2D eigenvalue weighted by Crippen LogP contribution is -2.11. The van der Waals surface area contributed by atoms with Crippen molar-refractivity contribution in [2.24, 2.45) is 10.2 Å². The summed E-state index contributed by atoms with van der Waals surface area (Å²) in [5, 5.41) is 19.4. The Kier molecular flexibility index (Phi) is 8.16. The highest BCUT2D eigenvalue weighted by Gasteiger charge is 2.23. The van der Waals surface area contributed by atoms with E-state index in [0.29, 0.717) is 48.8 Å². The highest BCUT2D eigenvalue weighted by molar-refractivity contribution is 5.86. The third-order valence-electron chi connectivity index (χ3n) is 4.32. The van der Waals surface area contributed by atoms with Gasteiger partial charge in [0.25, 0.3) is 0 Å². The van der Waals surface area contributed by atoms with E-state index in [1.165, 1.54) is 0 Å². The van der Waals surface area contributed by atoms with Crippen LogP contribution in [0.25, 0.3) is 0 Å². The number of hydrogen-bond acceptors (Lipinski definition) is 6. The van der Waals surface area contributed by atoms with Gasteiger partial charge in [-0.2, -0.15) is 5.11 Å². The number of nitrogens with zero attached hydrogens (tertiary/aromatic N) is 2. The first-order valence-electron chi connectivity index (χ1n) is 9.99. The smallest absolute Gasteiger partial charge is 0.333 e. The first-order valence-corrected chi connectivity index (χ1v) is 9.99. The van der Waals surface area contributed by atoms with Crippen molar-refractivity contribution < 1.29 is 19.4 Å². The van der Waals surface area contributed by atoms with Crippen LogP contribution in [0.5, 0.6) is 11.5 Å². The minimum atomic E-state index is -0.387. The Hall–Kier alpha value is -3.15. The lowest BCUT2D eigenvalue weighted by Gasteiger charge is -2.22. The number of ether oxygens (including phenoxy) is 2. The van der Waals surface area contributed by atoms with Gasteiger partial charge in [0.2, 0.25) is 0 Å². The fraction of sp³-hybridized carbons (Fsp3) is 0.375. The van der Waals surface area contributed by atoms with Crippen molar-refractivity contribution in [1.82, 2.24) is 0 Å². The van der Waals surface area contributed by atoms with Gasteiger partial charge in [-0.15, -0.1) is 5.11 Å². The van der Waals surface area contributed by atoms with Gasteiger partial charge in [0, 0.05) is 11.1 Å². The zero-order chi connectivity index (χ0) is 22.1. The average molecular weight is 411 g/mol. The topological polar surface area (TPSA) is 80.5 Å². The molecule has 0 saturated carbocycles. The molecule has 0 amide bonds. The molecule has 0 fully saturated rings. The summed E-state index contributed by atoms with van der Waals surface area (Å²) in [6.45, 7) is 11.9. The molecule has 0 radical (unpaired) electrons. The molecule has 0 spiro atoms. The molecule has 160 valence electrons. The third-order valence-corrected chi connectivity index (χ3v) is 4.32. The van der Waals surface area contributed by atoms with Crippen LogP contribution in [-0.2, 0) is 14.9 Å². The first kappa shape index (κ1) is 23.1. The standard InChI is InChI=1S/C24H30N2O4/c1-17(2)23(28)30-16-10-9-15-29-20-14-13-19(24(3,4)5)22(27)21(20)26-25-18-11-7-6-8-12-18/h6-8,11-14,27H,1,9-10,15-16H2,2-5H3. The second kappa shape index (κ2) is 10.6. The second-order valence-corrected chi connectivity index (χ2v) is 8.07. The van der Waals surface area contributed by atoms with E-state index in [4.69, 9.17) is 9.47 Å². The molecule has 0 unspecified atom stereocenters. The molecule has 2 aromatic carbocycles. The molecule has 0 aliphatic rings. The Morgan fingerprint density at radius 2 is 1.70 bits per heavy atom. The number of phenols is 1. The molecule has 2 aromatic rings. The number of unbranched alkanes of at least 4 members (excludes halogenated alkanes) is 1. The molecule has 0 atom stereocenters. The summed E-state index contributed by atoms with van der Waals surface area (Å²) in [5.74, 6) is 0.136. The predicted octanol–water partition coefficient (Wildman–Crippen LogP) is 6.38. The molecule has 0 aliphatic carbocycles. The first-order chi connectivity index (χ1) is 14.2. The number of hydrogen-bond donors (Lipinski definition) is 1. The maximum atomic E-state index is 11.4. The Balaban J connectivity index is 2.10. The molecule has 6 heteroatoms. The van der Waals surface area contributed by atoms with Gasteiger partial charge in [-0.25, -0.2) is 4.79 Å². The van der Waals surface area contributed by atoms with Gasteiger partial charge in [0.1, 0.15) is 0 Å². The molecule has 30 heavy (non-hydrogen) atoms. The van der Waals surface area contributed by atoms with Crippen molar-refractivity contribution in [1.29, 1.82) is 0 Å². The van der Waals surface area contributed by atoms with Crippen molar-refractivity contribution in [3.8, 4) is 11.5 Å². The molecule has 0 aliphatic heterocycles. The number of rotatable bonds is 9. The van der Waals surface area contributed by atoms with Crippen LogP contribution in [0.4, 0.5) is 11.4 Å². The van der Waals surface area contributed by atoms with Gasteiger partial charge >= 0.3 is 5.97 Å². The zero-order valence-electron chi connectivity index (χ0n) is 18.1. The third kappa shape index (κ3) is 6.72. The predicted molar refractivity (Wildman–Crippen MR) is 118 cm³/mol. The maximum Gasteiger partial charge on any atom is 0.333 e. The largest absolute Gasteiger partial charge is 0.505 e. The number of esters is 1. The zero-order valence-corrected chi connectivity index (χ0v) is 18.1. The molecular formula is C24H30N2O4. The highest BCUT2D eigenvalue weighted by Crippen LogP contribution is 2.44. The number of phenolic OH excluding ortho intramolecular Hbond substituents is 1. The van der Waals surface area contributed by atoms with Gasteiger partial charge < -0.3 is 14.6 Å². The Morgan fingerprint density at radius 3 is 2.33 bits per heavy atom. The lowest BCUT2D eigenvalue weighted by atomic mass is 9.86. The average Bonchev–Trinajstić information content (AvgIpc) is 2.69. The van der Waals surface area contributed by atoms with Crippen LogP contribution in [0.15, 0.2) is 64.8 Å². The molecule has 0 heterocycles. The monoisotopic (exact) mass is 410 g/mol. The van der Waals surface area contributed by atoms with Crippen LogP contribution in [0.2, 0.25) is 0 Å². The summed E-state index contributed by atoms with van der Waals surface area (Å²) in [6, 6.07) is 13.0. The SMILES string of the molecule is C=C(C)C(=O)OCCCCOc1ccc(C(C)(C)C)c(O)c1N=Nc1ccccc1. The highest BCUT2D eigenvalue weighted by atomic mass is 16.5. The Bertz CT molecular complexity index is 899. The summed E-state index contributed by atoms with van der Waals surface area (Å²) >= 11 is 0. The van der Waals surface area contributed by atoms with Crippen molar-refractivity contribution in [3.63, 3.8) is 0 Å². The van der Waals surface area contributed by atoms with E-state index in [2.05, 4.69) is 16.8 Å². The number of carbonyl (C=O) groups excluding carboxylic acids is 1. The Labute approximate surface area is 178 Å². The summed E-state index contributed by atoms with van der Waals surface area (Å²) in [7, 11) is 0. The molecule has 0 bridgehead atoms. The van der Waals surface area contributed by atoms with Crippen LogP contribution < -0.4 is 4.74 Å². The van der Waals surface area contributed by atoms with Crippen LogP contribution >= 0.6 is 0 Å². The van der Waals surface area contributed by atoms with Crippen molar-refractivity contribution in [3.05, 3.63) is 60.2 Å². The quantitative estimate of drug-likeness (QED) is 0.225. The number of aromatic hydroxyl groups is 1. The van der Waals surface area contributed by atoms with Gasteiger partial charge in [0.15, 0.2) is 17.2 Å². The van der Waals surface area contributed by atoms with E-state index in [0.717, 1.165) is 5.56 Å². The van der Waals surface area contributed by atoms with Crippen LogP contribution in [0.1, 0.15) is 46.1 Å². The summed E-state index contributed by atoms with van der Waals surface area (Å²) < 4.78 is 10.9. The van der Waals surface area contributed by atoms with Crippen LogP contribution in [0.3, 0.4) is 0 Å². The van der Waals surface area contributed by atoms with Gasteiger partial charge in [-0.05, 0) is 43.4 Å². The summed E-state index contributed by atoms with van der Waals surface area (Å²) in [6.07, 6.45) is 1.34. The van der Waals surface area contributed by atoms with E-state index in [9.17, 15) is 9.90 Å². The van der Waals surface area contributed by atoms with Crippen molar-refractivity contribution >= 4 is 17.3 Å². The van der Waals surface area contributed by atoms with Gasteiger partial charge in [0.05, 0.1) is 18.9 Å². The normalized spacial score (nSPS) is 11.5. The van der Waals surface area contributed by atoms with E-state index < -0.39 is 0 Å². The van der Waals surface area contributed by atoms with E-state index >= 15 is 0 Å². The van der Waals surface area contributed by atoms with Gasteiger partial charge in [-0.3, -0.25) is 0 Å². The summed E-state index contributed by atoms with van der Waals surface area (Å²) in [5.41, 5.74) is 1.88. The van der Waals surface area contributed by atoms with Gasteiger partial charge in [-0.1, -0.05) is 51.6 Å². The Morgan fingerprint density at radius 1 is 1.03 bits per heavy atom. The second-order valence-electron chi connectivity index (χ2n) is 8.07. The molecule has 2 rings (SSSR count).